The van der Waals surface area contributed by atoms with Gasteiger partial charge in [0, 0.05) is 0 Å². The van der Waals surface area contributed by atoms with Crippen LogP contribution in [0.5, 0.6) is 0 Å². The van der Waals surface area contributed by atoms with Gasteiger partial charge in [-0.15, -0.1) is 0 Å². The molecule has 12 heteroatoms. The molecule has 9 N–H and O–H groups in total. The fraction of sp³-hybridized carbons (Fsp3) is 0.692. The van der Waals surface area contributed by atoms with E-state index >= 15 is 0 Å². The van der Waals surface area contributed by atoms with Crippen molar-refractivity contribution in [2.45, 2.75) is 44.2 Å². The largest absolute Gasteiger partial charge is 0.480 e. The summed E-state index contributed by atoms with van der Waals surface area (Å²) in [6.07, 6.45) is -2.80. The highest BCUT2D eigenvalue weighted by Gasteiger charge is 2.31. The Bertz CT molecular complexity index is 496. The highest BCUT2D eigenvalue weighted by molar-refractivity contribution is 5.92. The molecule has 144 valence electrons. The summed E-state index contributed by atoms with van der Waals surface area (Å²) in [6.45, 7) is 1.13. The highest BCUT2D eigenvalue weighted by Crippen LogP contribution is 1.98. The minimum Gasteiger partial charge on any atom is -0.480 e. The van der Waals surface area contributed by atoms with E-state index in [9.17, 15) is 29.4 Å². The number of amides is 3. The van der Waals surface area contributed by atoms with E-state index in [0.29, 0.717) is 0 Å². The number of hydrogen-bond acceptors (Lipinski definition) is 8. The molecule has 0 spiro atoms. The molecule has 0 aromatic carbocycles. The van der Waals surface area contributed by atoms with E-state index in [-0.39, 0.29) is 0 Å². The molecule has 0 aliphatic heterocycles. The van der Waals surface area contributed by atoms with Gasteiger partial charge in [0.1, 0.15) is 12.1 Å². The van der Waals surface area contributed by atoms with Gasteiger partial charge < -0.3 is 42.1 Å². The summed E-state index contributed by atoms with van der Waals surface area (Å²) in [5.41, 5.74) is 5.23. The number of hydrogen-bond donors (Lipinski definition) is 8. The summed E-state index contributed by atoms with van der Waals surface area (Å²) in [5, 5.41) is 42.8. The number of nitrogens with two attached hydrogens (primary N) is 1. The number of aliphatic carboxylic acids is 1. The number of aliphatic hydroxyl groups excluding tert-OH is 3. The Hall–Kier alpha value is -2.28. The normalized spacial score (nSPS) is 16.7. The molecule has 3 amide bonds. The van der Waals surface area contributed by atoms with Gasteiger partial charge in [-0.1, -0.05) is 0 Å². The number of carbonyl (C=O) groups excluding carboxylic acids is 3. The Morgan fingerprint density at radius 1 is 0.960 bits per heavy atom. The van der Waals surface area contributed by atoms with E-state index in [1.807, 2.05) is 5.32 Å². The second kappa shape index (κ2) is 10.6. The van der Waals surface area contributed by atoms with Crippen molar-refractivity contribution in [2.75, 3.05) is 13.2 Å². The van der Waals surface area contributed by atoms with E-state index in [1.54, 1.807) is 0 Å². The van der Waals surface area contributed by atoms with Crippen molar-refractivity contribution in [2.24, 2.45) is 5.73 Å². The molecule has 0 unspecified atom stereocenters. The molecule has 0 radical (unpaired) electrons. The molecule has 5 atom stereocenters. The second-order valence-electron chi connectivity index (χ2n) is 5.36. The first-order valence-electron chi connectivity index (χ1n) is 7.34. The van der Waals surface area contributed by atoms with Gasteiger partial charge in [-0.05, 0) is 13.8 Å². The lowest BCUT2D eigenvalue weighted by Crippen LogP contribution is -2.59. The Balaban J connectivity index is 4.79. The van der Waals surface area contributed by atoms with Gasteiger partial charge in [-0.25, -0.2) is 4.79 Å². The smallest absolute Gasteiger partial charge is 0.328 e. The van der Waals surface area contributed by atoms with Crippen molar-refractivity contribution < 1.29 is 39.6 Å². The molecule has 0 fully saturated rings. The first-order chi connectivity index (χ1) is 11.5. The second-order valence-corrected chi connectivity index (χ2v) is 5.36. The van der Waals surface area contributed by atoms with Crippen LogP contribution in [0.25, 0.3) is 0 Å². The third-order valence-corrected chi connectivity index (χ3v) is 3.08. The minimum atomic E-state index is -1.63. The Morgan fingerprint density at radius 2 is 1.48 bits per heavy atom. The Kier molecular flexibility index (Phi) is 9.59. The van der Waals surface area contributed by atoms with Crippen molar-refractivity contribution in [3.8, 4) is 0 Å². The number of nitrogens with one attached hydrogen (secondary N) is 3. The first kappa shape index (κ1) is 22.7. The molecule has 0 saturated carbocycles. The predicted octanol–water partition coefficient (Wildman–Crippen LogP) is -4.76. The van der Waals surface area contributed by atoms with Crippen LogP contribution in [0.4, 0.5) is 0 Å². The van der Waals surface area contributed by atoms with Crippen molar-refractivity contribution in [1.29, 1.82) is 0 Å². The van der Waals surface area contributed by atoms with E-state index in [0.717, 1.165) is 6.92 Å². The van der Waals surface area contributed by atoms with E-state index in [4.69, 9.17) is 15.9 Å². The van der Waals surface area contributed by atoms with Gasteiger partial charge in [-0.3, -0.25) is 14.4 Å². The van der Waals surface area contributed by atoms with E-state index in [1.165, 1.54) is 6.92 Å². The van der Waals surface area contributed by atoms with Gasteiger partial charge in [0.25, 0.3) is 0 Å². The molecule has 0 rings (SSSR count). The van der Waals surface area contributed by atoms with E-state index in [2.05, 4.69) is 10.6 Å². The van der Waals surface area contributed by atoms with Crippen LogP contribution >= 0.6 is 0 Å². The highest BCUT2D eigenvalue weighted by atomic mass is 16.4. The average molecular weight is 364 g/mol. The summed E-state index contributed by atoms with van der Waals surface area (Å²) < 4.78 is 0. The molecule has 0 bridgehead atoms. The van der Waals surface area contributed by atoms with Gasteiger partial charge in [0.15, 0.2) is 6.04 Å². The van der Waals surface area contributed by atoms with Gasteiger partial charge in [-0.2, -0.15) is 0 Å². The molecule has 0 aliphatic rings. The summed E-state index contributed by atoms with van der Waals surface area (Å²) in [7, 11) is 0. The average Bonchev–Trinajstić information content (AvgIpc) is 2.53. The van der Waals surface area contributed by atoms with Crippen molar-refractivity contribution in [3.05, 3.63) is 0 Å². The third kappa shape index (κ3) is 7.89. The van der Waals surface area contributed by atoms with Crippen LogP contribution in [0.3, 0.4) is 0 Å². The number of carboxylic acids is 1. The van der Waals surface area contributed by atoms with E-state index < -0.39 is 67.2 Å². The molecular weight excluding hydrogens is 340 g/mol. The van der Waals surface area contributed by atoms with Crippen LogP contribution in [0.1, 0.15) is 13.8 Å². The Labute approximate surface area is 143 Å². The fourth-order valence-electron chi connectivity index (χ4n) is 1.64. The predicted molar refractivity (Wildman–Crippen MR) is 82.9 cm³/mol. The summed E-state index contributed by atoms with van der Waals surface area (Å²) >= 11 is 0. The number of carbonyl (C=O) groups is 4. The number of carboxylic acid groups (broad SMARTS) is 1. The first-order valence-corrected chi connectivity index (χ1v) is 7.34. The zero-order chi connectivity index (χ0) is 19.7. The standard InChI is InChI=1S/C13H24N4O8/c1-5(19)9(12(23)17-10(6(2)20)13(24)25)16-8(21)3-15-11(22)7(14)4-18/h5-7,9-10,18-20H,3-4,14H2,1-2H3,(H,15,22)(H,16,21)(H,17,23)(H,24,25)/t5-,6-,7+,9+,10+/m1/s1. The lowest BCUT2D eigenvalue weighted by molar-refractivity contribution is -0.145. The summed E-state index contributed by atoms with van der Waals surface area (Å²) in [6, 6.07) is -4.37. The maximum absolute atomic E-state index is 12.0. The summed E-state index contributed by atoms with van der Waals surface area (Å²) in [5.74, 6) is -4.18. The maximum atomic E-state index is 12.0. The molecule has 0 aliphatic carbocycles. The van der Waals surface area contributed by atoms with Crippen molar-refractivity contribution in [3.63, 3.8) is 0 Å². The maximum Gasteiger partial charge on any atom is 0.328 e. The molecular formula is C13H24N4O8. The zero-order valence-corrected chi connectivity index (χ0v) is 13.8. The Morgan fingerprint density at radius 3 is 1.88 bits per heavy atom. The SMILES string of the molecule is C[C@@H](O)[C@H](NC(=O)[C@@H](NC(=O)CNC(=O)[C@@H](N)CO)[C@@H](C)O)C(=O)O. The molecule has 0 aromatic heterocycles. The molecule has 0 heterocycles. The topological polar surface area (TPSA) is 211 Å². The number of rotatable bonds is 10. The van der Waals surface area contributed by atoms with Gasteiger partial charge >= 0.3 is 5.97 Å². The monoisotopic (exact) mass is 364 g/mol. The van der Waals surface area contributed by atoms with Crippen LogP contribution in [0.2, 0.25) is 0 Å². The van der Waals surface area contributed by atoms with Crippen molar-refractivity contribution in [1.82, 2.24) is 16.0 Å². The van der Waals surface area contributed by atoms with Gasteiger partial charge in [0.05, 0.1) is 25.4 Å². The zero-order valence-electron chi connectivity index (χ0n) is 13.8. The van der Waals surface area contributed by atoms with Crippen molar-refractivity contribution >= 4 is 23.7 Å². The molecule has 12 nitrogen and oxygen atoms in total. The summed E-state index contributed by atoms with van der Waals surface area (Å²) in [4.78, 5) is 46.1. The number of aliphatic hydroxyl groups is 3. The molecule has 0 saturated heterocycles. The third-order valence-electron chi connectivity index (χ3n) is 3.08. The minimum absolute atomic E-state index is 0.582. The van der Waals surface area contributed by atoms with Crippen LogP contribution < -0.4 is 21.7 Å². The lowest BCUT2D eigenvalue weighted by atomic mass is 10.1. The van der Waals surface area contributed by atoms with Crippen LogP contribution in [0.15, 0.2) is 0 Å². The quantitative estimate of drug-likeness (QED) is 0.187. The van der Waals surface area contributed by atoms with Crippen LogP contribution in [0, 0.1) is 0 Å². The van der Waals surface area contributed by atoms with Crippen LogP contribution in [-0.4, -0.2) is 87.6 Å². The van der Waals surface area contributed by atoms with Gasteiger partial charge in [0.2, 0.25) is 17.7 Å². The fourth-order valence-corrected chi connectivity index (χ4v) is 1.64. The molecule has 0 aromatic rings. The lowest BCUT2D eigenvalue weighted by Gasteiger charge is -2.24. The molecule has 25 heavy (non-hydrogen) atoms. The van der Waals surface area contributed by atoms with Crippen LogP contribution in [-0.2, 0) is 19.2 Å².